The quantitative estimate of drug-likeness (QED) is 0.663. The molecule has 0 aliphatic heterocycles. The van der Waals surface area contributed by atoms with Gasteiger partial charge in [0.1, 0.15) is 0 Å². The van der Waals surface area contributed by atoms with E-state index in [9.17, 15) is 0 Å². The first-order valence-electron chi connectivity index (χ1n) is 4.65. The van der Waals surface area contributed by atoms with E-state index in [2.05, 4.69) is 33.2 Å². The number of anilines is 1. The van der Waals surface area contributed by atoms with Crippen LogP contribution in [0.1, 0.15) is 13.3 Å². The number of hydrogen-bond donors (Lipinski definition) is 2. The van der Waals surface area contributed by atoms with Gasteiger partial charge in [-0.25, -0.2) is 0 Å². The molecule has 0 atom stereocenters. The SMILES string of the molecule is CCCN=C(N)Nc1ccc(Cl)cc1Br. The molecule has 82 valence electrons. The van der Waals surface area contributed by atoms with E-state index in [1.54, 1.807) is 12.1 Å². The van der Waals surface area contributed by atoms with Gasteiger partial charge in [-0.3, -0.25) is 4.99 Å². The zero-order valence-electron chi connectivity index (χ0n) is 8.43. The van der Waals surface area contributed by atoms with Gasteiger partial charge in [0, 0.05) is 16.0 Å². The topological polar surface area (TPSA) is 50.4 Å². The lowest BCUT2D eigenvalue weighted by Crippen LogP contribution is -2.23. The third-order valence-electron chi connectivity index (χ3n) is 1.70. The molecule has 0 amide bonds. The molecular weight excluding hydrogens is 277 g/mol. The van der Waals surface area contributed by atoms with Crippen molar-refractivity contribution >= 4 is 39.2 Å². The fourth-order valence-corrected chi connectivity index (χ4v) is 1.78. The lowest BCUT2D eigenvalue weighted by atomic mass is 10.3. The first-order valence-corrected chi connectivity index (χ1v) is 5.82. The second-order valence-electron chi connectivity index (χ2n) is 3.02. The number of nitrogens with zero attached hydrogens (tertiary/aromatic N) is 1. The highest BCUT2D eigenvalue weighted by molar-refractivity contribution is 9.10. The van der Waals surface area contributed by atoms with Crippen molar-refractivity contribution in [1.29, 1.82) is 0 Å². The largest absolute Gasteiger partial charge is 0.370 e. The van der Waals surface area contributed by atoms with Crippen LogP contribution in [0.3, 0.4) is 0 Å². The van der Waals surface area contributed by atoms with Crippen molar-refractivity contribution in [3.63, 3.8) is 0 Å². The molecule has 0 radical (unpaired) electrons. The van der Waals surface area contributed by atoms with E-state index in [1.165, 1.54) is 0 Å². The smallest absolute Gasteiger partial charge is 0.193 e. The lowest BCUT2D eigenvalue weighted by molar-refractivity contribution is 0.929. The Morgan fingerprint density at radius 1 is 1.60 bits per heavy atom. The summed E-state index contributed by atoms with van der Waals surface area (Å²) < 4.78 is 0.865. The average Bonchev–Trinajstić information content (AvgIpc) is 2.19. The number of nitrogens with two attached hydrogens (primary N) is 1. The van der Waals surface area contributed by atoms with Crippen LogP contribution in [0.25, 0.3) is 0 Å². The molecule has 3 N–H and O–H groups in total. The number of aliphatic imine (C=N–C) groups is 1. The highest BCUT2D eigenvalue weighted by Gasteiger charge is 2.01. The Morgan fingerprint density at radius 3 is 2.93 bits per heavy atom. The van der Waals surface area contributed by atoms with E-state index in [0.717, 1.165) is 23.1 Å². The van der Waals surface area contributed by atoms with E-state index in [4.69, 9.17) is 17.3 Å². The Kier molecular flexibility index (Phi) is 4.91. The lowest BCUT2D eigenvalue weighted by Gasteiger charge is -2.07. The van der Waals surface area contributed by atoms with Crippen LogP contribution in [-0.4, -0.2) is 12.5 Å². The number of nitrogens with one attached hydrogen (secondary N) is 1. The summed E-state index contributed by atoms with van der Waals surface area (Å²) in [5.74, 6) is 0.417. The summed E-state index contributed by atoms with van der Waals surface area (Å²) in [6.45, 7) is 2.78. The molecule has 5 heteroatoms. The average molecular weight is 291 g/mol. The molecule has 1 aromatic carbocycles. The minimum absolute atomic E-state index is 0.417. The summed E-state index contributed by atoms with van der Waals surface area (Å²) >= 11 is 9.20. The maximum atomic E-state index is 5.82. The van der Waals surface area contributed by atoms with Crippen molar-refractivity contribution in [3.05, 3.63) is 27.7 Å². The number of guanidine groups is 1. The molecule has 0 aromatic heterocycles. The van der Waals surface area contributed by atoms with Gasteiger partial charge in [0.25, 0.3) is 0 Å². The van der Waals surface area contributed by atoms with Crippen molar-refractivity contribution in [3.8, 4) is 0 Å². The monoisotopic (exact) mass is 289 g/mol. The maximum absolute atomic E-state index is 5.82. The summed E-state index contributed by atoms with van der Waals surface area (Å²) in [5, 5.41) is 3.67. The third-order valence-corrected chi connectivity index (χ3v) is 2.59. The van der Waals surface area contributed by atoms with Gasteiger partial charge < -0.3 is 11.1 Å². The molecule has 3 nitrogen and oxygen atoms in total. The minimum Gasteiger partial charge on any atom is -0.370 e. The van der Waals surface area contributed by atoms with Crippen LogP contribution in [0.5, 0.6) is 0 Å². The van der Waals surface area contributed by atoms with E-state index >= 15 is 0 Å². The molecule has 0 unspecified atom stereocenters. The standard InChI is InChI=1S/C10H13BrClN3/c1-2-5-14-10(13)15-9-4-3-7(12)6-8(9)11/h3-4,6H,2,5H2,1H3,(H3,13,14,15). The zero-order chi connectivity index (χ0) is 11.3. The molecule has 0 aliphatic carbocycles. The highest BCUT2D eigenvalue weighted by atomic mass is 79.9. The predicted octanol–water partition coefficient (Wildman–Crippen LogP) is 3.24. The minimum atomic E-state index is 0.417. The summed E-state index contributed by atoms with van der Waals surface area (Å²) in [6, 6.07) is 5.44. The van der Waals surface area contributed by atoms with Crippen molar-refractivity contribution in [2.24, 2.45) is 10.7 Å². The molecule has 0 spiro atoms. The second-order valence-corrected chi connectivity index (χ2v) is 4.31. The number of benzene rings is 1. The Labute approximate surface area is 103 Å². The molecule has 1 rings (SSSR count). The summed E-state index contributed by atoms with van der Waals surface area (Å²) in [5.41, 5.74) is 6.54. The first kappa shape index (κ1) is 12.3. The van der Waals surface area contributed by atoms with E-state index in [0.29, 0.717) is 11.0 Å². The fourth-order valence-electron chi connectivity index (χ4n) is 1.00. The molecule has 0 bridgehead atoms. The molecule has 15 heavy (non-hydrogen) atoms. The van der Waals surface area contributed by atoms with Gasteiger partial charge in [0.2, 0.25) is 0 Å². The molecular formula is C10H13BrClN3. The summed E-state index contributed by atoms with van der Waals surface area (Å²) in [4.78, 5) is 4.13. The van der Waals surface area contributed by atoms with Gasteiger partial charge >= 0.3 is 0 Å². The molecule has 0 heterocycles. The van der Waals surface area contributed by atoms with Gasteiger partial charge in [0.15, 0.2) is 5.96 Å². The third kappa shape index (κ3) is 4.10. The van der Waals surface area contributed by atoms with Crippen molar-refractivity contribution in [1.82, 2.24) is 0 Å². The molecule has 0 saturated carbocycles. The Balaban J connectivity index is 2.72. The van der Waals surface area contributed by atoms with Crippen molar-refractivity contribution < 1.29 is 0 Å². The van der Waals surface area contributed by atoms with Gasteiger partial charge in [0.05, 0.1) is 5.69 Å². The molecule has 1 aromatic rings. The second kappa shape index (κ2) is 5.98. The van der Waals surface area contributed by atoms with Crippen LogP contribution in [0, 0.1) is 0 Å². The van der Waals surface area contributed by atoms with Crippen molar-refractivity contribution in [2.75, 3.05) is 11.9 Å². The first-order chi connectivity index (χ1) is 7.13. The normalized spacial score (nSPS) is 11.5. The van der Waals surface area contributed by atoms with Crippen LogP contribution in [0.4, 0.5) is 5.69 Å². The van der Waals surface area contributed by atoms with Gasteiger partial charge in [-0.05, 0) is 40.5 Å². The molecule has 0 saturated heterocycles. The van der Waals surface area contributed by atoms with Crippen molar-refractivity contribution in [2.45, 2.75) is 13.3 Å². The van der Waals surface area contributed by atoms with Crippen LogP contribution < -0.4 is 11.1 Å². The predicted molar refractivity (Wildman–Crippen MR) is 69.6 cm³/mol. The van der Waals surface area contributed by atoms with E-state index in [-0.39, 0.29) is 0 Å². The Morgan fingerprint density at radius 2 is 2.33 bits per heavy atom. The number of hydrogen-bond acceptors (Lipinski definition) is 1. The van der Waals surface area contributed by atoms with E-state index in [1.807, 2.05) is 6.07 Å². The van der Waals surface area contributed by atoms with Gasteiger partial charge in [-0.2, -0.15) is 0 Å². The van der Waals surface area contributed by atoms with Crippen LogP contribution in [0.2, 0.25) is 5.02 Å². The molecule has 0 fully saturated rings. The van der Waals surface area contributed by atoms with Gasteiger partial charge in [-0.1, -0.05) is 18.5 Å². The number of rotatable bonds is 3. The Hall–Kier alpha value is -0.740. The molecule has 0 aliphatic rings. The van der Waals surface area contributed by atoms with Gasteiger partial charge in [-0.15, -0.1) is 0 Å². The summed E-state index contributed by atoms with van der Waals surface area (Å²) in [6.07, 6.45) is 0.976. The fraction of sp³-hybridized carbons (Fsp3) is 0.300. The summed E-state index contributed by atoms with van der Waals surface area (Å²) in [7, 11) is 0. The van der Waals surface area contributed by atoms with E-state index < -0.39 is 0 Å². The highest BCUT2D eigenvalue weighted by Crippen LogP contribution is 2.25. The van der Waals surface area contributed by atoms with Crippen LogP contribution >= 0.6 is 27.5 Å². The Bertz CT molecular complexity index is 366. The number of halogens is 2. The zero-order valence-corrected chi connectivity index (χ0v) is 10.8. The maximum Gasteiger partial charge on any atom is 0.193 e. The van der Waals surface area contributed by atoms with Crippen LogP contribution in [0.15, 0.2) is 27.7 Å². The van der Waals surface area contributed by atoms with Crippen LogP contribution in [-0.2, 0) is 0 Å².